The second-order valence-electron chi connectivity index (χ2n) is 4.73. The van der Waals surface area contributed by atoms with Crippen LogP contribution in [0.3, 0.4) is 0 Å². The van der Waals surface area contributed by atoms with Crippen molar-refractivity contribution < 1.29 is 9.90 Å². The predicted octanol–water partition coefficient (Wildman–Crippen LogP) is 3.18. The van der Waals surface area contributed by atoms with Crippen LogP contribution in [-0.2, 0) is 11.3 Å². The third kappa shape index (κ3) is 2.84. The van der Waals surface area contributed by atoms with Crippen molar-refractivity contribution in [3.8, 4) is 0 Å². The standard InChI is InChI=1S/C17H14N2O2/c20-17(21)10-9-13-5-1-2-7-15(13)12-19-16-8-4-3-6-14(16)11-18-19/h1-11H,12H2,(H,20,21). The molecule has 0 amide bonds. The summed E-state index contributed by atoms with van der Waals surface area (Å²) in [6.07, 6.45) is 4.61. The highest BCUT2D eigenvalue weighted by Crippen LogP contribution is 2.17. The van der Waals surface area contributed by atoms with Crippen LogP contribution in [0.5, 0.6) is 0 Å². The lowest BCUT2D eigenvalue weighted by Crippen LogP contribution is -2.03. The molecular formula is C17H14N2O2. The fourth-order valence-electron chi connectivity index (χ4n) is 2.32. The van der Waals surface area contributed by atoms with E-state index in [0.29, 0.717) is 6.54 Å². The van der Waals surface area contributed by atoms with Gasteiger partial charge in [0.2, 0.25) is 0 Å². The van der Waals surface area contributed by atoms with Gasteiger partial charge in [-0.3, -0.25) is 4.68 Å². The quantitative estimate of drug-likeness (QED) is 0.746. The van der Waals surface area contributed by atoms with Gasteiger partial charge < -0.3 is 5.11 Å². The zero-order chi connectivity index (χ0) is 14.7. The molecule has 1 N–H and O–H groups in total. The van der Waals surface area contributed by atoms with E-state index in [1.165, 1.54) is 0 Å². The normalized spacial score (nSPS) is 11.2. The van der Waals surface area contributed by atoms with Gasteiger partial charge in [0.15, 0.2) is 0 Å². The molecule has 3 aromatic rings. The highest BCUT2D eigenvalue weighted by molar-refractivity contribution is 5.85. The monoisotopic (exact) mass is 278 g/mol. The van der Waals surface area contributed by atoms with Crippen molar-refractivity contribution in [2.24, 2.45) is 0 Å². The van der Waals surface area contributed by atoms with Crippen molar-refractivity contribution in [1.82, 2.24) is 9.78 Å². The Morgan fingerprint density at radius 1 is 1.14 bits per heavy atom. The van der Waals surface area contributed by atoms with Crippen LogP contribution in [0.2, 0.25) is 0 Å². The zero-order valence-electron chi connectivity index (χ0n) is 11.3. The first-order valence-electron chi connectivity index (χ1n) is 6.63. The van der Waals surface area contributed by atoms with Gasteiger partial charge in [0.1, 0.15) is 0 Å². The Balaban J connectivity index is 1.96. The van der Waals surface area contributed by atoms with E-state index in [9.17, 15) is 4.79 Å². The van der Waals surface area contributed by atoms with E-state index in [0.717, 1.165) is 28.1 Å². The molecule has 104 valence electrons. The number of carboxylic acids is 1. The smallest absolute Gasteiger partial charge is 0.328 e. The number of nitrogens with zero attached hydrogens (tertiary/aromatic N) is 2. The highest BCUT2D eigenvalue weighted by Gasteiger charge is 2.05. The maximum Gasteiger partial charge on any atom is 0.328 e. The van der Waals surface area contributed by atoms with Gasteiger partial charge >= 0.3 is 5.97 Å². The first-order valence-corrected chi connectivity index (χ1v) is 6.63. The van der Waals surface area contributed by atoms with Crippen molar-refractivity contribution in [2.45, 2.75) is 6.54 Å². The van der Waals surface area contributed by atoms with Gasteiger partial charge in [-0.1, -0.05) is 42.5 Å². The maximum absolute atomic E-state index is 10.7. The summed E-state index contributed by atoms with van der Waals surface area (Å²) in [6, 6.07) is 15.7. The van der Waals surface area contributed by atoms with Gasteiger partial charge in [0.05, 0.1) is 18.3 Å². The van der Waals surface area contributed by atoms with Gasteiger partial charge in [-0.2, -0.15) is 5.10 Å². The Kier molecular flexibility index (Phi) is 3.51. The Bertz CT molecular complexity index is 818. The summed E-state index contributed by atoms with van der Waals surface area (Å²) in [7, 11) is 0. The Labute approximate surface area is 122 Å². The van der Waals surface area contributed by atoms with Crippen LogP contribution in [0.25, 0.3) is 17.0 Å². The maximum atomic E-state index is 10.7. The van der Waals surface area contributed by atoms with Crippen molar-refractivity contribution in [1.29, 1.82) is 0 Å². The van der Waals surface area contributed by atoms with Crippen LogP contribution in [0, 0.1) is 0 Å². The lowest BCUT2D eigenvalue weighted by molar-refractivity contribution is -0.131. The summed E-state index contributed by atoms with van der Waals surface area (Å²) in [5, 5.41) is 14.3. The minimum Gasteiger partial charge on any atom is -0.478 e. The first kappa shape index (κ1) is 13.1. The molecule has 3 rings (SSSR count). The van der Waals surface area contributed by atoms with E-state index in [1.807, 2.05) is 59.4 Å². The molecule has 0 fully saturated rings. The van der Waals surface area contributed by atoms with E-state index in [-0.39, 0.29) is 0 Å². The number of carbonyl (C=O) groups is 1. The second kappa shape index (κ2) is 5.63. The molecule has 0 bridgehead atoms. The Morgan fingerprint density at radius 3 is 2.76 bits per heavy atom. The van der Waals surface area contributed by atoms with Crippen molar-refractivity contribution >= 4 is 22.9 Å². The summed E-state index contributed by atoms with van der Waals surface area (Å²) < 4.78 is 1.92. The van der Waals surface area contributed by atoms with Crippen LogP contribution in [0.1, 0.15) is 11.1 Å². The molecule has 0 spiro atoms. The molecule has 0 aliphatic heterocycles. The molecule has 21 heavy (non-hydrogen) atoms. The van der Waals surface area contributed by atoms with Gasteiger partial charge in [0, 0.05) is 11.5 Å². The average Bonchev–Trinajstić information content (AvgIpc) is 2.90. The summed E-state index contributed by atoms with van der Waals surface area (Å²) in [6.45, 7) is 0.605. The number of aromatic nitrogens is 2. The molecule has 0 atom stereocenters. The van der Waals surface area contributed by atoms with E-state index in [4.69, 9.17) is 5.11 Å². The number of carboxylic acid groups (broad SMARTS) is 1. The fourth-order valence-corrected chi connectivity index (χ4v) is 2.32. The average molecular weight is 278 g/mol. The van der Waals surface area contributed by atoms with Gasteiger partial charge in [-0.05, 0) is 23.3 Å². The number of hydrogen-bond acceptors (Lipinski definition) is 2. The molecule has 1 aromatic heterocycles. The third-order valence-electron chi connectivity index (χ3n) is 3.33. The molecule has 0 aliphatic rings. The number of hydrogen-bond donors (Lipinski definition) is 1. The Morgan fingerprint density at radius 2 is 1.90 bits per heavy atom. The predicted molar refractivity (Wildman–Crippen MR) is 81.9 cm³/mol. The number of aliphatic carboxylic acids is 1. The molecule has 4 heteroatoms. The third-order valence-corrected chi connectivity index (χ3v) is 3.33. The second-order valence-corrected chi connectivity index (χ2v) is 4.73. The molecule has 0 aliphatic carbocycles. The summed E-state index contributed by atoms with van der Waals surface area (Å²) >= 11 is 0. The molecular weight excluding hydrogens is 264 g/mol. The molecule has 0 radical (unpaired) electrons. The van der Waals surface area contributed by atoms with E-state index >= 15 is 0 Å². The number of fused-ring (bicyclic) bond motifs is 1. The molecule has 0 saturated carbocycles. The fraction of sp³-hybridized carbons (Fsp3) is 0.0588. The van der Waals surface area contributed by atoms with E-state index < -0.39 is 5.97 Å². The molecule has 1 heterocycles. The van der Waals surface area contributed by atoms with E-state index in [1.54, 1.807) is 6.08 Å². The van der Waals surface area contributed by atoms with Crippen LogP contribution in [0.15, 0.2) is 60.8 Å². The van der Waals surface area contributed by atoms with E-state index in [2.05, 4.69) is 5.10 Å². The highest BCUT2D eigenvalue weighted by atomic mass is 16.4. The van der Waals surface area contributed by atoms with Crippen LogP contribution in [0.4, 0.5) is 0 Å². The summed E-state index contributed by atoms with van der Waals surface area (Å²) in [5.74, 6) is -0.950. The van der Waals surface area contributed by atoms with Crippen molar-refractivity contribution in [3.63, 3.8) is 0 Å². The number of benzene rings is 2. The van der Waals surface area contributed by atoms with Gasteiger partial charge in [0.25, 0.3) is 0 Å². The van der Waals surface area contributed by atoms with Crippen LogP contribution in [-0.4, -0.2) is 20.9 Å². The van der Waals surface area contributed by atoms with Crippen LogP contribution >= 0.6 is 0 Å². The molecule has 2 aromatic carbocycles. The topological polar surface area (TPSA) is 55.1 Å². The number of rotatable bonds is 4. The lowest BCUT2D eigenvalue weighted by atomic mass is 10.1. The Hall–Kier alpha value is -2.88. The molecule has 4 nitrogen and oxygen atoms in total. The summed E-state index contributed by atoms with van der Waals surface area (Å²) in [4.78, 5) is 10.7. The van der Waals surface area contributed by atoms with Gasteiger partial charge in [-0.25, -0.2) is 4.79 Å². The number of para-hydroxylation sites is 1. The lowest BCUT2D eigenvalue weighted by Gasteiger charge is -2.07. The molecule has 0 unspecified atom stereocenters. The van der Waals surface area contributed by atoms with Gasteiger partial charge in [-0.15, -0.1) is 0 Å². The SMILES string of the molecule is O=C(O)C=Cc1ccccc1Cn1ncc2ccccc21. The van der Waals surface area contributed by atoms with Crippen molar-refractivity contribution in [3.05, 3.63) is 71.9 Å². The summed E-state index contributed by atoms with van der Waals surface area (Å²) in [5.41, 5.74) is 2.98. The first-order chi connectivity index (χ1) is 10.2. The van der Waals surface area contributed by atoms with Crippen LogP contribution < -0.4 is 0 Å². The zero-order valence-corrected chi connectivity index (χ0v) is 11.3. The largest absolute Gasteiger partial charge is 0.478 e. The van der Waals surface area contributed by atoms with Crippen molar-refractivity contribution in [2.75, 3.05) is 0 Å². The molecule has 0 saturated heterocycles. The minimum atomic E-state index is -0.950. The minimum absolute atomic E-state index is 0.605.